The molecule has 0 amide bonds. The summed E-state index contributed by atoms with van der Waals surface area (Å²) in [6, 6.07) is 0. The van der Waals surface area contributed by atoms with E-state index in [4.69, 9.17) is 10.5 Å². The first-order chi connectivity index (χ1) is 10.8. The summed E-state index contributed by atoms with van der Waals surface area (Å²) >= 11 is 0. The fraction of sp³-hybridized carbons (Fsp3) is 0.667. The van der Waals surface area contributed by atoms with Gasteiger partial charge in [0.1, 0.15) is 11.4 Å². The predicted octanol–water partition coefficient (Wildman–Crippen LogP) is -0.179. The highest BCUT2D eigenvalue weighted by Crippen LogP contribution is 2.12. The van der Waals surface area contributed by atoms with E-state index in [1.165, 1.54) is 4.57 Å². The van der Waals surface area contributed by atoms with E-state index in [9.17, 15) is 14.4 Å². The Morgan fingerprint density at radius 1 is 1.30 bits per heavy atom. The van der Waals surface area contributed by atoms with Crippen molar-refractivity contribution in [3.8, 4) is 0 Å². The summed E-state index contributed by atoms with van der Waals surface area (Å²) in [6.07, 6.45) is 0.717. The summed E-state index contributed by atoms with van der Waals surface area (Å²) in [5, 5.41) is 0. The lowest BCUT2D eigenvalue weighted by Crippen LogP contribution is -2.48. The highest BCUT2D eigenvalue weighted by Gasteiger charge is 2.26. The van der Waals surface area contributed by atoms with Crippen LogP contribution in [0.1, 0.15) is 37.6 Å². The monoisotopic (exact) mass is 324 g/mol. The molecule has 3 N–H and O–H groups in total. The molecule has 2 heterocycles. The number of ether oxygens (including phenoxy) is 1. The number of Topliss-reactive ketones (excluding diaryl/α,β-unsaturated/α-hetero) is 1. The molecule has 0 radical (unpaired) electrons. The van der Waals surface area contributed by atoms with Crippen LogP contribution in [0.15, 0.2) is 9.59 Å². The number of rotatable bonds is 5. The quantitative estimate of drug-likeness (QED) is 0.727. The molecule has 2 rings (SSSR count). The van der Waals surface area contributed by atoms with E-state index < -0.39 is 11.2 Å². The number of carbonyl (C=O) groups is 1. The van der Waals surface area contributed by atoms with Crippen molar-refractivity contribution in [2.75, 3.05) is 25.4 Å². The average molecular weight is 324 g/mol. The fourth-order valence-electron chi connectivity index (χ4n) is 3.00. The summed E-state index contributed by atoms with van der Waals surface area (Å²) in [5.41, 5.74) is 4.47. The van der Waals surface area contributed by atoms with Crippen molar-refractivity contribution in [1.29, 1.82) is 0 Å². The van der Waals surface area contributed by atoms with Crippen LogP contribution in [0.25, 0.3) is 0 Å². The molecule has 1 aliphatic heterocycles. The van der Waals surface area contributed by atoms with E-state index in [0.717, 1.165) is 0 Å². The van der Waals surface area contributed by atoms with Crippen LogP contribution in [-0.4, -0.2) is 52.1 Å². The van der Waals surface area contributed by atoms with Gasteiger partial charge >= 0.3 is 5.69 Å². The van der Waals surface area contributed by atoms with Gasteiger partial charge in [0.15, 0.2) is 5.78 Å². The number of nitrogens with one attached hydrogen (secondary N) is 1. The third kappa shape index (κ3) is 3.89. The van der Waals surface area contributed by atoms with Gasteiger partial charge in [0.25, 0.3) is 5.56 Å². The van der Waals surface area contributed by atoms with E-state index in [2.05, 4.69) is 4.98 Å². The second-order valence-corrected chi connectivity index (χ2v) is 6.05. The van der Waals surface area contributed by atoms with Crippen molar-refractivity contribution in [2.24, 2.45) is 0 Å². The van der Waals surface area contributed by atoms with Crippen LogP contribution in [0, 0.1) is 0 Å². The summed E-state index contributed by atoms with van der Waals surface area (Å²) in [6.45, 7) is 7.43. The standard InChI is InChI=1S/C15H24N4O4/c1-4-5-19-13(16)12(14(21)17-15(19)22)11(20)8-18-6-9(2)23-10(3)7-18/h9-10H,4-8,16H2,1-3H3,(H,17,21,22)/t9-,10-/m0/s1. The minimum absolute atomic E-state index is 0.0243. The molecule has 1 aromatic heterocycles. The molecule has 8 heteroatoms. The second-order valence-electron chi connectivity index (χ2n) is 6.05. The topological polar surface area (TPSA) is 110 Å². The number of carbonyl (C=O) groups excluding carboxylic acids is 1. The summed E-state index contributed by atoms with van der Waals surface area (Å²) in [4.78, 5) is 40.5. The molecule has 1 aliphatic rings. The number of hydrogen-bond acceptors (Lipinski definition) is 6. The minimum Gasteiger partial charge on any atom is -0.384 e. The maximum Gasteiger partial charge on any atom is 0.329 e. The lowest BCUT2D eigenvalue weighted by molar-refractivity contribution is -0.0652. The molecule has 0 unspecified atom stereocenters. The predicted molar refractivity (Wildman–Crippen MR) is 86.8 cm³/mol. The van der Waals surface area contributed by atoms with E-state index in [1.807, 2.05) is 25.7 Å². The number of ketones is 1. The molecular weight excluding hydrogens is 300 g/mol. The molecule has 8 nitrogen and oxygen atoms in total. The number of H-pyrrole nitrogens is 1. The number of aromatic nitrogens is 2. The van der Waals surface area contributed by atoms with Crippen LogP contribution in [0.2, 0.25) is 0 Å². The molecule has 0 aromatic carbocycles. The average Bonchev–Trinajstić information content (AvgIpc) is 2.41. The Hall–Kier alpha value is -1.93. The summed E-state index contributed by atoms with van der Waals surface area (Å²) in [7, 11) is 0. The number of aromatic amines is 1. The van der Waals surface area contributed by atoms with Gasteiger partial charge in [-0.25, -0.2) is 4.79 Å². The fourth-order valence-corrected chi connectivity index (χ4v) is 3.00. The van der Waals surface area contributed by atoms with Crippen LogP contribution in [0.3, 0.4) is 0 Å². The SMILES string of the molecule is CCCn1c(N)c(C(=O)CN2C[C@H](C)O[C@@H](C)C2)c(=O)[nH]c1=O. The Bertz CT molecular complexity index is 684. The van der Waals surface area contributed by atoms with E-state index >= 15 is 0 Å². The van der Waals surface area contributed by atoms with Crippen molar-refractivity contribution in [2.45, 2.75) is 45.9 Å². The first-order valence-electron chi connectivity index (χ1n) is 7.87. The zero-order valence-corrected chi connectivity index (χ0v) is 13.8. The third-order valence-electron chi connectivity index (χ3n) is 3.83. The lowest BCUT2D eigenvalue weighted by Gasteiger charge is -2.34. The van der Waals surface area contributed by atoms with Crippen LogP contribution in [0.5, 0.6) is 0 Å². The Kier molecular flexibility index (Phi) is 5.38. The van der Waals surface area contributed by atoms with Gasteiger partial charge in [0, 0.05) is 19.6 Å². The number of hydrogen-bond donors (Lipinski definition) is 2. The smallest absolute Gasteiger partial charge is 0.329 e. The number of nitrogen functional groups attached to an aromatic ring is 1. The van der Waals surface area contributed by atoms with Crippen LogP contribution in [-0.2, 0) is 11.3 Å². The van der Waals surface area contributed by atoms with Crippen LogP contribution < -0.4 is 17.0 Å². The van der Waals surface area contributed by atoms with Gasteiger partial charge in [-0.05, 0) is 20.3 Å². The third-order valence-corrected chi connectivity index (χ3v) is 3.83. The van der Waals surface area contributed by atoms with Gasteiger partial charge in [0.2, 0.25) is 0 Å². The summed E-state index contributed by atoms with van der Waals surface area (Å²) < 4.78 is 6.86. The zero-order chi connectivity index (χ0) is 17.1. The van der Waals surface area contributed by atoms with E-state index in [1.54, 1.807) is 0 Å². The van der Waals surface area contributed by atoms with Gasteiger partial charge in [-0.3, -0.25) is 24.0 Å². The largest absolute Gasteiger partial charge is 0.384 e. The second kappa shape index (κ2) is 7.10. The molecule has 1 fully saturated rings. The van der Waals surface area contributed by atoms with Crippen molar-refractivity contribution < 1.29 is 9.53 Å². The lowest BCUT2D eigenvalue weighted by atomic mass is 10.1. The van der Waals surface area contributed by atoms with Crippen molar-refractivity contribution >= 4 is 11.6 Å². The molecule has 1 aromatic rings. The molecule has 0 aliphatic carbocycles. The van der Waals surface area contributed by atoms with Gasteiger partial charge in [-0.2, -0.15) is 0 Å². The van der Waals surface area contributed by atoms with E-state index in [-0.39, 0.29) is 35.9 Å². The molecule has 0 saturated carbocycles. The molecular formula is C15H24N4O4. The van der Waals surface area contributed by atoms with Gasteiger partial charge in [-0.15, -0.1) is 0 Å². The highest BCUT2D eigenvalue weighted by molar-refractivity contribution is 6.01. The van der Waals surface area contributed by atoms with Crippen molar-refractivity contribution in [3.05, 3.63) is 26.4 Å². The maximum atomic E-state index is 12.5. The normalized spacial score (nSPS) is 22.2. The molecule has 23 heavy (non-hydrogen) atoms. The van der Waals surface area contributed by atoms with E-state index in [0.29, 0.717) is 26.1 Å². The van der Waals surface area contributed by atoms with Gasteiger partial charge in [0.05, 0.1) is 18.8 Å². The number of morpholine rings is 1. The van der Waals surface area contributed by atoms with Crippen LogP contribution >= 0.6 is 0 Å². The Balaban J connectivity index is 2.27. The van der Waals surface area contributed by atoms with Gasteiger partial charge < -0.3 is 10.5 Å². The molecule has 0 spiro atoms. The molecule has 2 atom stereocenters. The molecule has 0 bridgehead atoms. The Labute approximate surface area is 134 Å². The van der Waals surface area contributed by atoms with Crippen molar-refractivity contribution in [1.82, 2.24) is 14.5 Å². The van der Waals surface area contributed by atoms with Gasteiger partial charge in [-0.1, -0.05) is 6.92 Å². The minimum atomic E-state index is -0.723. The number of anilines is 1. The number of nitrogens with zero attached hydrogens (tertiary/aromatic N) is 2. The zero-order valence-electron chi connectivity index (χ0n) is 13.8. The highest BCUT2D eigenvalue weighted by atomic mass is 16.5. The Morgan fingerprint density at radius 2 is 1.91 bits per heavy atom. The maximum absolute atomic E-state index is 12.5. The van der Waals surface area contributed by atoms with Crippen LogP contribution in [0.4, 0.5) is 5.82 Å². The first kappa shape index (κ1) is 17.4. The molecule has 128 valence electrons. The summed E-state index contributed by atoms with van der Waals surface area (Å²) in [5.74, 6) is -0.435. The molecule has 1 saturated heterocycles. The number of nitrogens with two attached hydrogens (primary N) is 1. The Morgan fingerprint density at radius 3 is 2.48 bits per heavy atom. The first-order valence-corrected chi connectivity index (χ1v) is 7.87. The van der Waals surface area contributed by atoms with Crippen molar-refractivity contribution in [3.63, 3.8) is 0 Å².